The Kier molecular flexibility index (Phi) is 5.30. The Morgan fingerprint density at radius 1 is 1.35 bits per heavy atom. The Balaban J connectivity index is 2.06. The third-order valence-corrected chi connectivity index (χ3v) is 3.24. The number of rotatable bonds is 6. The summed E-state index contributed by atoms with van der Waals surface area (Å²) in [5.41, 5.74) is 1.52. The molecule has 6 heteroatoms. The van der Waals surface area contributed by atoms with E-state index in [0.29, 0.717) is 17.4 Å². The lowest BCUT2D eigenvalue weighted by Gasteiger charge is -2.01. The summed E-state index contributed by atoms with van der Waals surface area (Å²) in [7, 11) is 0. The number of aliphatic carboxylic acids is 1. The molecule has 1 amide bonds. The van der Waals surface area contributed by atoms with E-state index >= 15 is 0 Å². The van der Waals surface area contributed by atoms with Gasteiger partial charge in [-0.2, -0.15) is 0 Å². The Hall–Kier alpha value is -2.89. The smallest absolute Gasteiger partial charge is 0.303 e. The predicted octanol–water partition coefficient (Wildman–Crippen LogP) is 2.10. The number of carboxylic acids is 1. The number of carboxylic acid groups (broad SMARTS) is 1. The van der Waals surface area contributed by atoms with Crippen molar-refractivity contribution in [3.63, 3.8) is 0 Å². The number of aryl methyl sites for hydroxylation is 1. The third kappa shape index (κ3) is 4.54. The minimum Gasteiger partial charge on any atom is -0.481 e. The Bertz CT molecular complexity index is 819. The fourth-order valence-electron chi connectivity index (χ4n) is 2.05. The van der Waals surface area contributed by atoms with Crippen molar-refractivity contribution in [3.8, 4) is 0 Å². The fourth-order valence-corrected chi connectivity index (χ4v) is 2.05. The zero-order valence-corrected chi connectivity index (χ0v) is 12.7. The molecule has 0 spiro atoms. The SMILES string of the molecule is Cc1ccc2occ(/C=C/C(=O)NCCCC(=O)O)c(=O)c2c1. The van der Waals surface area contributed by atoms with Gasteiger partial charge in [0.2, 0.25) is 5.91 Å². The second-order valence-corrected chi connectivity index (χ2v) is 5.14. The minimum absolute atomic E-state index is 0.00237. The van der Waals surface area contributed by atoms with E-state index in [1.54, 1.807) is 12.1 Å². The molecular formula is C17H17NO5. The maximum Gasteiger partial charge on any atom is 0.303 e. The molecule has 0 aliphatic rings. The van der Waals surface area contributed by atoms with E-state index in [-0.39, 0.29) is 29.9 Å². The van der Waals surface area contributed by atoms with Crippen LogP contribution in [0.25, 0.3) is 17.0 Å². The van der Waals surface area contributed by atoms with E-state index in [0.717, 1.165) is 5.56 Å². The molecule has 0 aliphatic carbocycles. The van der Waals surface area contributed by atoms with Crippen LogP contribution in [0, 0.1) is 6.92 Å². The van der Waals surface area contributed by atoms with Crippen molar-refractivity contribution in [2.45, 2.75) is 19.8 Å². The number of nitrogens with one attached hydrogen (secondary N) is 1. The predicted molar refractivity (Wildman–Crippen MR) is 86.1 cm³/mol. The first-order chi connectivity index (χ1) is 11.0. The van der Waals surface area contributed by atoms with Crippen LogP contribution < -0.4 is 10.7 Å². The van der Waals surface area contributed by atoms with Gasteiger partial charge in [0.05, 0.1) is 10.9 Å². The van der Waals surface area contributed by atoms with Gasteiger partial charge in [-0.25, -0.2) is 0 Å². The van der Waals surface area contributed by atoms with Gasteiger partial charge in [0.25, 0.3) is 0 Å². The second-order valence-electron chi connectivity index (χ2n) is 5.14. The standard InChI is InChI=1S/C17H17NO5/c1-11-4-6-14-13(9-11)17(22)12(10-23-14)5-7-15(19)18-8-2-3-16(20)21/h4-7,9-10H,2-3,8H2,1H3,(H,18,19)(H,20,21)/b7-5+. The molecule has 1 aromatic carbocycles. The molecule has 2 rings (SSSR count). The van der Waals surface area contributed by atoms with E-state index < -0.39 is 5.97 Å². The van der Waals surface area contributed by atoms with Crippen LogP contribution in [-0.2, 0) is 9.59 Å². The molecule has 0 radical (unpaired) electrons. The highest BCUT2D eigenvalue weighted by atomic mass is 16.4. The summed E-state index contributed by atoms with van der Waals surface area (Å²) >= 11 is 0. The summed E-state index contributed by atoms with van der Waals surface area (Å²) < 4.78 is 5.39. The topological polar surface area (TPSA) is 96.6 Å². The molecule has 2 N–H and O–H groups in total. The molecule has 1 aromatic heterocycles. The second kappa shape index (κ2) is 7.40. The first-order valence-corrected chi connectivity index (χ1v) is 7.17. The molecule has 0 saturated carbocycles. The van der Waals surface area contributed by atoms with Crippen LogP contribution in [-0.4, -0.2) is 23.5 Å². The highest BCUT2D eigenvalue weighted by Gasteiger charge is 2.05. The molecule has 0 atom stereocenters. The largest absolute Gasteiger partial charge is 0.481 e. The molecule has 0 aliphatic heterocycles. The zero-order valence-electron chi connectivity index (χ0n) is 12.7. The Morgan fingerprint density at radius 3 is 2.87 bits per heavy atom. The summed E-state index contributed by atoms with van der Waals surface area (Å²) in [4.78, 5) is 34.3. The van der Waals surface area contributed by atoms with Crippen molar-refractivity contribution in [1.82, 2.24) is 5.32 Å². The van der Waals surface area contributed by atoms with E-state index in [1.807, 2.05) is 13.0 Å². The zero-order chi connectivity index (χ0) is 16.8. The van der Waals surface area contributed by atoms with Crippen molar-refractivity contribution < 1.29 is 19.1 Å². The van der Waals surface area contributed by atoms with Crippen molar-refractivity contribution >= 4 is 28.9 Å². The molecule has 0 bridgehead atoms. The van der Waals surface area contributed by atoms with E-state index in [9.17, 15) is 14.4 Å². The maximum absolute atomic E-state index is 12.3. The van der Waals surface area contributed by atoms with E-state index in [1.165, 1.54) is 18.4 Å². The first kappa shape index (κ1) is 16.5. The molecule has 6 nitrogen and oxygen atoms in total. The minimum atomic E-state index is -0.904. The molecule has 0 saturated heterocycles. The average molecular weight is 315 g/mol. The van der Waals surface area contributed by atoms with Crippen LogP contribution in [0.5, 0.6) is 0 Å². The number of carbonyl (C=O) groups is 2. The molecule has 0 unspecified atom stereocenters. The van der Waals surface area contributed by atoms with Gasteiger partial charge in [-0.1, -0.05) is 11.6 Å². The molecule has 120 valence electrons. The molecule has 0 fully saturated rings. The van der Waals surface area contributed by atoms with Gasteiger partial charge >= 0.3 is 5.97 Å². The Labute approximate surface area is 132 Å². The monoisotopic (exact) mass is 315 g/mol. The highest BCUT2D eigenvalue weighted by molar-refractivity contribution is 5.92. The van der Waals surface area contributed by atoms with Crippen molar-refractivity contribution in [3.05, 3.63) is 51.9 Å². The number of benzene rings is 1. The van der Waals surface area contributed by atoms with Gasteiger partial charge in [-0.3, -0.25) is 14.4 Å². The molecule has 1 heterocycles. The molecular weight excluding hydrogens is 298 g/mol. The van der Waals surface area contributed by atoms with Crippen LogP contribution >= 0.6 is 0 Å². The van der Waals surface area contributed by atoms with Crippen molar-refractivity contribution in [1.29, 1.82) is 0 Å². The summed E-state index contributed by atoms with van der Waals surface area (Å²) in [5.74, 6) is -1.29. The lowest BCUT2D eigenvalue weighted by molar-refractivity contribution is -0.137. The van der Waals surface area contributed by atoms with Crippen molar-refractivity contribution in [2.75, 3.05) is 6.54 Å². The van der Waals surface area contributed by atoms with Crippen molar-refractivity contribution in [2.24, 2.45) is 0 Å². The number of fused-ring (bicyclic) bond motifs is 1. The summed E-state index contributed by atoms with van der Waals surface area (Å²) in [6.07, 6.45) is 4.28. The molecule has 23 heavy (non-hydrogen) atoms. The van der Waals surface area contributed by atoms with Gasteiger partial charge in [-0.15, -0.1) is 0 Å². The summed E-state index contributed by atoms with van der Waals surface area (Å²) in [5, 5.41) is 11.5. The van der Waals surface area contributed by atoms with Gasteiger partial charge < -0.3 is 14.8 Å². The lowest BCUT2D eigenvalue weighted by Crippen LogP contribution is -2.22. The highest BCUT2D eigenvalue weighted by Crippen LogP contribution is 2.13. The first-order valence-electron chi connectivity index (χ1n) is 7.17. The number of hydrogen-bond acceptors (Lipinski definition) is 4. The number of amides is 1. The van der Waals surface area contributed by atoms with E-state index in [2.05, 4.69) is 5.32 Å². The third-order valence-electron chi connectivity index (χ3n) is 3.24. The van der Waals surface area contributed by atoms with Crippen LogP contribution in [0.1, 0.15) is 24.0 Å². The maximum atomic E-state index is 12.3. The van der Waals surface area contributed by atoms with Crippen LogP contribution in [0.15, 0.2) is 39.7 Å². The lowest BCUT2D eigenvalue weighted by atomic mass is 10.1. The molecule has 2 aromatic rings. The van der Waals surface area contributed by atoms with Gasteiger partial charge in [0.15, 0.2) is 5.43 Å². The fraction of sp³-hybridized carbons (Fsp3) is 0.235. The number of carbonyl (C=O) groups excluding carboxylic acids is 1. The number of hydrogen-bond donors (Lipinski definition) is 2. The summed E-state index contributed by atoms with van der Waals surface area (Å²) in [6.45, 7) is 2.15. The van der Waals surface area contributed by atoms with E-state index in [4.69, 9.17) is 9.52 Å². The van der Waals surface area contributed by atoms with Gasteiger partial charge in [0, 0.05) is 19.0 Å². The Morgan fingerprint density at radius 2 is 2.13 bits per heavy atom. The quantitative estimate of drug-likeness (QED) is 0.628. The normalized spacial score (nSPS) is 11.0. The van der Waals surface area contributed by atoms with Gasteiger partial charge in [0.1, 0.15) is 11.8 Å². The van der Waals surface area contributed by atoms with Crippen LogP contribution in [0.3, 0.4) is 0 Å². The summed E-state index contributed by atoms with van der Waals surface area (Å²) in [6, 6.07) is 5.32. The average Bonchev–Trinajstić information content (AvgIpc) is 2.51. The van der Waals surface area contributed by atoms with Gasteiger partial charge in [-0.05, 0) is 31.6 Å². The van der Waals surface area contributed by atoms with Crippen LogP contribution in [0.4, 0.5) is 0 Å². The van der Waals surface area contributed by atoms with Crippen LogP contribution in [0.2, 0.25) is 0 Å².